The van der Waals surface area contributed by atoms with Gasteiger partial charge in [0.15, 0.2) is 5.69 Å². The number of amides is 1. The van der Waals surface area contributed by atoms with Crippen LogP contribution in [-0.4, -0.2) is 29.8 Å². The van der Waals surface area contributed by atoms with E-state index in [1.165, 1.54) is 0 Å². The molecule has 6 rings (SSSR count). The quantitative estimate of drug-likeness (QED) is 0.213. The van der Waals surface area contributed by atoms with Crippen molar-refractivity contribution >= 4 is 23.4 Å². The van der Waals surface area contributed by atoms with E-state index in [9.17, 15) is 22.8 Å². The normalized spacial score (nSPS) is 16.2. The van der Waals surface area contributed by atoms with Crippen LogP contribution < -0.4 is 10.2 Å². The summed E-state index contributed by atoms with van der Waals surface area (Å²) >= 11 is 0. The van der Waals surface area contributed by atoms with E-state index in [1.54, 1.807) is 17.0 Å². The van der Waals surface area contributed by atoms with Gasteiger partial charge in [0.25, 0.3) is 11.9 Å². The number of anilines is 2. The molecule has 1 fully saturated rings. The Labute approximate surface area is 241 Å². The van der Waals surface area contributed by atoms with E-state index >= 15 is 0 Å². The van der Waals surface area contributed by atoms with E-state index in [-0.39, 0.29) is 18.3 Å². The Balaban J connectivity index is 1.20. The van der Waals surface area contributed by atoms with Gasteiger partial charge in [0.05, 0.1) is 0 Å². The van der Waals surface area contributed by atoms with Crippen LogP contribution >= 0.6 is 0 Å². The molecule has 216 valence electrons. The fourth-order valence-electron chi connectivity index (χ4n) is 5.88. The summed E-state index contributed by atoms with van der Waals surface area (Å²) in [5.74, 6) is -1.42. The van der Waals surface area contributed by atoms with Gasteiger partial charge in [0.2, 0.25) is 11.5 Å². The smallest absolute Gasteiger partial charge is 0.420 e. The average Bonchev–Trinajstić information content (AvgIpc) is 3.56. The number of Topliss-reactive ketones (excluding diaryl/α,β-unsaturated/α-hetero) is 1. The number of para-hydroxylation sites is 1. The Hall–Kier alpha value is -4.40. The first-order valence-corrected chi connectivity index (χ1v) is 14.0. The molecule has 0 bridgehead atoms. The molecule has 1 N–H and O–H groups in total. The Morgan fingerprint density at radius 1 is 1.05 bits per heavy atom. The predicted molar refractivity (Wildman–Crippen MR) is 154 cm³/mol. The molecule has 9 heteroatoms. The minimum Gasteiger partial charge on any atom is -0.420 e. The van der Waals surface area contributed by atoms with Crippen molar-refractivity contribution < 1.29 is 27.2 Å². The lowest BCUT2D eigenvalue weighted by atomic mass is 9.99. The van der Waals surface area contributed by atoms with Crippen LogP contribution in [0.15, 0.2) is 65.1 Å². The number of piperidine rings is 1. The molecule has 1 aromatic heterocycles. The number of fused-ring (bicyclic) bond motifs is 3. The molecule has 42 heavy (non-hydrogen) atoms. The molecule has 2 heterocycles. The van der Waals surface area contributed by atoms with Gasteiger partial charge < -0.3 is 14.6 Å². The lowest BCUT2D eigenvalue weighted by Crippen LogP contribution is -2.34. The summed E-state index contributed by atoms with van der Waals surface area (Å²) in [7, 11) is 0. The van der Waals surface area contributed by atoms with Crippen molar-refractivity contribution in [1.29, 1.82) is 0 Å². The van der Waals surface area contributed by atoms with Crippen LogP contribution in [0.5, 0.6) is 0 Å². The third-order valence-electron chi connectivity index (χ3n) is 8.03. The van der Waals surface area contributed by atoms with E-state index in [1.807, 2.05) is 62.4 Å². The Kier molecular flexibility index (Phi) is 7.12. The lowest BCUT2D eigenvalue weighted by Gasteiger charge is -2.29. The summed E-state index contributed by atoms with van der Waals surface area (Å²) in [5.41, 5.74) is 5.44. The number of alkyl halides is 3. The molecule has 1 aliphatic heterocycles. The van der Waals surface area contributed by atoms with E-state index in [0.29, 0.717) is 36.6 Å². The van der Waals surface area contributed by atoms with Gasteiger partial charge in [-0.2, -0.15) is 18.2 Å². The van der Waals surface area contributed by atoms with Crippen LogP contribution in [0.1, 0.15) is 68.6 Å². The molecule has 2 aliphatic rings. The fourth-order valence-corrected chi connectivity index (χ4v) is 5.88. The molecule has 1 aliphatic carbocycles. The number of benzene rings is 3. The highest BCUT2D eigenvalue weighted by Gasteiger charge is 2.42. The van der Waals surface area contributed by atoms with Crippen molar-refractivity contribution in [3.63, 3.8) is 0 Å². The first-order valence-electron chi connectivity index (χ1n) is 14.0. The van der Waals surface area contributed by atoms with Crippen LogP contribution in [0.4, 0.5) is 24.9 Å². The maximum atomic E-state index is 13.8. The maximum absolute atomic E-state index is 13.8. The van der Waals surface area contributed by atoms with Crippen LogP contribution in [0.2, 0.25) is 0 Å². The molecule has 6 nitrogen and oxygen atoms in total. The van der Waals surface area contributed by atoms with E-state index in [0.717, 1.165) is 46.3 Å². The van der Waals surface area contributed by atoms with E-state index in [4.69, 9.17) is 4.42 Å². The molecule has 0 spiro atoms. The molecule has 0 saturated carbocycles. The van der Waals surface area contributed by atoms with Gasteiger partial charge in [-0.25, -0.2) is 0 Å². The van der Waals surface area contributed by atoms with Gasteiger partial charge >= 0.3 is 6.18 Å². The Morgan fingerprint density at radius 2 is 1.79 bits per heavy atom. The number of aromatic nitrogens is 1. The molecule has 1 amide bonds. The third kappa shape index (κ3) is 5.43. The number of aryl methyl sites for hydroxylation is 1. The summed E-state index contributed by atoms with van der Waals surface area (Å²) in [6, 6.07) is 18.4. The number of nitrogens with zero attached hydrogens (tertiary/aromatic N) is 2. The number of nitrogens with one attached hydrogen (secondary N) is 1. The maximum Gasteiger partial charge on any atom is 0.437 e. The lowest BCUT2D eigenvalue weighted by molar-refractivity contribution is -0.141. The molecule has 1 atom stereocenters. The molecule has 1 saturated heterocycles. The van der Waals surface area contributed by atoms with Crippen LogP contribution in [-0.2, 0) is 19.0 Å². The topological polar surface area (TPSA) is 75.4 Å². The molecule has 1 unspecified atom stereocenters. The first kappa shape index (κ1) is 27.8. The van der Waals surface area contributed by atoms with Crippen LogP contribution in [0.3, 0.4) is 0 Å². The molecule has 4 aromatic rings. The fraction of sp³-hybridized carbons (Fsp3) is 0.303. The van der Waals surface area contributed by atoms with Crippen molar-refractivity contribution in [3.05, 3.63) is 99.9 Å². The Bertz CT molecular complexity index is 1690. The zero-order valence-electron chi connectivity index (χ0n) is 23.3. The van der Waals surface area contributed by atoms with E-state index < -0.39 is 23.4 Å². The number of hydrogen-bond donors (Lipinski definition) is 1. The first-order chi connectivity index (χ1) is 20.1. The number of hydrogen-bond acceptors (Lipinski definition) is 5. The van der Waals surface area contributed by atoms with Crippen molar-refractivity contribution in [2.24, 2.45) is 5.92 Å². The number of carbonyl (C=O) groups excluding carboxylic acids is 2. The summed E-state index contributed by atoms with van der Waals surface area (Å²) in [6.45, 7) is 5.03. The average molecular weight is 574 g/mol. The summed E-state index contributed by atoms with van der Waals surface area (Å²) < 4.78 is 47.0. The van der Waals surface area contributed by atoms with Crippen molar-refractivity contribution in [1.82, 2.24) is 4.98 Å². The standard InChI is InChI=1S/C33H30F3N3O3/c1-19-6-5-13-39(18-19)32-38-30(33(34,35)36)29(42-32)28(40)15-21-9-11-25-23(14-21)17-24-16-22(10-12-26(24)25)31(41)37-27-8-4-3-7-20(27)2/h3-4,7-12,14,16,19H,5-6,13,15,17-18H2,1-2H3,(H,37,41). The van der Waals surface area contributed by atoms with Crippen molar-refractivity contribution in [2.75, 3.05) is 23.3 Å². The van der Waals surface area contributed by atoms with Gasteiger partial charge in [-0.15, -0.1) is 0 Å². The Morgan fingerprint density at radius 3 is 2.52 bits per heavy atom. The second kappa shape index (κ2) is 10.8. The number of rotatable bonds is 6. The SMILES string of the molecule is Cc1ccccc1NC(=O)c1ccc2c(c1)Cc1cc(CC(=O)c3oc(N4CCCC(C)C4)nc3C(F)(F)F)ccc1-2. The second-order valence-corrected chi connectivity index (χ2v) is 11.3. The molecular weight excluding hydrogens is 543 g/mol. The van der Waals surface area contributed by atoms with Crippen LogP contribution in [0.25, 0.3) is 11.1 Å². The summed E-state index contributed by atoms with van der Waals surface area (Å²) in [6.07, 6.45) is -2.70. The zero-order valence-corrected chi connectivity index (χ0v) is 23.3. The van der Waals surface area contributed by atoms with Gasteiger partial charge in [-0.1, -0.05) is 49.4 Å². The number of oxazole rings is 1. The minimum atomic E-state index is -4.81. The predicted octanol–water partition coefficient (Wildman–Crippen LogP) is 7.49. The van der Waals surface area contributed by atoms with Gasteiger partial charge in [-0.3, -0.25) is 9.59 Å². The third-order valence-corrected chi connectivity index (χ3v) is 8.03. The van der Waals surface area contributed by atoms with Crippen molar-refractivity contribution in [3.8, 4) is 11.1 Å². The van der Waals surface area contributed by atoms with Gasteiger partial charge in [-0.05, 0) is 83.7 Å². The molecule has 0 radical (unpaired) electrons. The molecular formula is C33H30F3N3O3. The van der Waals surface area contributed by atoms with Gasteiger partial charge in [0, 0.05) is 30.8 Å². The second-order valence-electron chi connectivity index (χ2n) is 11.3. The van der Waals surface area contributed by atoms with Crippen molar-refractivity contribution in [2.45, 2.75) is 45.7 Å². The number of halogens is 3. The minimum absolute atomic E-state index is 0.149. The highest BCUT2D eigenvalue weighted by Crippen LogP contribution is 2.39. The summed E-state index contributed by atoms with van der Waals surface area (Å²) in [5, 5.41) is 2.95. The van der Waals surface area contributed by atoms with Gasteiger partial charge in [0.1, 0.15) is 0 Å². The van der Waals surface area contributed by atoms with Crippen LogP contribution in [0, 0.1) is 12.8 Å². The largest absolute Gasteiger partial charge is 0.437 e. The molecule has 3 aromatic carbocycles. The number of carbonyl (C=O) groups is 2. The zero-order chi connectivity index (χ0) is 29.6. The monoisotopic (exact) mass is 573 g/mol. The number of ketones is 1. The summed E-state index contributed by atoms with van der Waals surface area (Å²) in [4.78, 5) is 31.5. The highest BCUT2D eigenvalue weighted by atomic mass is 19.4. The van der Waals surface area contributed by atoms with E-state index in [2.05, 4.69) is 10.3 Å². The highest BCUT2D eigenvalue weighted by molar-refractivity contribution is 6.05.